The molecular weight excluding hydrogens is 612 g/mol. The molecular formula is C33H35ClN6O6. The van der Waals surface area contributed by atoms with Gasteiger partial charge >= 0.3 is 18.2 Å². The second-order valence-electron chi connectivity index (χ2n) is 11.9. The third-order valence-corrected chi connectivity index (χ3v) is 9.01. The Bertz CT molecular complexity index is 1700. The van der Waals surface area contributed by atoms with Crippen molar-refractivity contribution in [2.75, 3.05) is 36.1 Å². The average molecular weight is 647 g/mol. The van der Waals surface area contributed by atoms with E-state index in [1.54, 1.807) is 41.4 Å². The number of carbonyl (C=O) groups excluding carboxylic acids is 4. The van der Waals surface area contributed by atoms with Crippen LogP contribution in [0.3, 0.4) is 0 Å². The van der Waals surface area contributed by atoms with Crippen molar-refractivity contribution in [2.24, 2.45) is 5.92 Å². The van der Waals surface area contributed by atoms with Gasteiger partial charge in [0.2, 0.25) is 5.91 Å². The van der Waals surface area contributed by atoms with Gasteiger partial charge in [-0.25, -0.2) is 14.4 Å². The van der Waals surface area contributed by atoms with Gasteiger partial charge in [-0.15, -0.1) is 0 Å². The summed E-state index contributed by atoms with van der Waals surface area (Å²) in [6, 6.07) is 13.4. The van der Waals surface area contributed by atoms with Gasteiger partial charge in [-0.05, 0) is 73.7 Å². The molecule has 1 saturated heterocycles. The Kier molecular flexibility index (Phi) is 8.72. The van der Waals surface area contributed by atoms with Crippen molar-refractivity contribution in [1.29, 1.82) is 0 Å². The lowest BCUT2D eigenvalue weighted by molar-refractivity contribution is -0.119. The van der Waals surface area contributed by atoms with E-state index in [0.717, 1.165) is 16.7 Å². The van der Waals surface area contributed by atoms with Crippen LogP contribution in [0.25, 0.3) is 11.1 Å². The van der Waals surface area contributed by atoms with E-state index in [1.807, 2.05) is 25.1 Å². The molecule has 1 fully saturated rings. The number of nitrogens with one attached hydrogen (secondary N) is 4. The number of piperidine rings is 1. The fourth-order valence-electron chi connectivity index (χ4n) is 6.37. The zero-order valence-corrected chi connectivity index (χ0v) is 26.3. The predicted molar refractivity (Wildman–Crippen MR) is 173 cm³/mol. The Hall–Kier alpha value is -4.84. The molecule has 0 aliphatic carbocycles. The Morgan fingerprint density at radius 1 is 1.07 bits per heavy atom. The lowest BCUT2D eigenvalue weighted by atomic mass is 9.83. The van der Waals surface area contributed by atoms with Crippen LogP contribution in [0.1, 0.15) is 56.3 Å². The van der Waals surface area contributed by atoms with Gasteiger partial charge in [0.1, 0.15) is 0 Å². The number of ether oxygens (including phenoxy) is 2. The third-order valence-electron chi connectivity index (χ3n) is 8.77. The van der Waals surface area contributed by atoms with E-state index in [9.17, 15) is 19.2 Å². The van der Waals surface area contributed by atoms with Crippen molar-refractivity contribution in [2.45, 2.75) is 50.7 Å². The van der Waals surface area contributed by atoms with Crippen LogP contribution in [-0.2, 0) is 19.9 Å². The minimum Gasteiger partial charge on any atom is -0.453 e. The molecule has 12 nitrogen and oxygen atoms in total. The van der Waals surface area contributed by atoms with Crippen molar-refractivity contribution in [3.8, 4) is 11.1 Å². The highest BCUT2D eigenvalue weighted by Crippen LogP contribution is 2.43. The third kappa shape index (κ3) is 6.43. The smallest absolute Gasteiger partial charge is 0.412 e. The maximum Gasteiger partial charge on any atom is 0.412 e. The first-order chi connectivity index (χ1) is 22.1. The second-order valence-corrected chi connectivity index (χ2v) is 12.3. The molecule has 2 aromatic carbocycles. The SMILES string of the molecule is COC(=O)Nc1ccc2c(c1)NC(=O)[C@@H](C)CCC[C@H](NC(=O)N1CCC[C@@]3(C1)OC(=O)Nc1ccc(Cl)cc13)c1cc-2ccn1. The lowest BCUT2D eigenvalue weighted by Crippen LogP contribution is -2.55. The maximum atomic E-state index is 13.9. The summed E-state index contributed by atoms with van der Waals surface area (Å²) >= 11 is 6.32. The molecule has 0 saturated carbocycles. The molecule has 0 radical (unpaired) electrons. The number of carbonyl (C=O) groups is 4. The van der Waals surface area contributed by atoms with Crippen LogP contribution in [-0.4, -0.2) is 54.2 Å². The summed E-state index contributed by atoms with van der Waals surface area (Å²) in [5, 5.41) is 12.1. The van der Waals surface area contributed by atoms with Crippen molar-refractivity contribution in [3.05, 3.63) is 71.0 Å². The molecule has 3 aliphatic heterocycles. The van der Waals surface area contributed by atoms with E-state index >= 15 is 0 Å². The number of anilines is 3. The van der Waals surface area contributed by atoms with E-state index in [-0.39, 0.29) is 24.4 Å². The van der Waals surface area contributed by atoms with Crippen molar-refractivity contribution >= 4 is 52.8 Å². The highest BCUT2D eigenvalue weighted by Gasteiger charge is 2.46. The van der Waals surface area contributed by atoms with E-state index < -0.39 is 23.8 Å². The molecule has 240 valence electrons. The van der Waals surface area contributed by atoms with Gasteiger partial charge < -0.3 is 25.0 Å². The average Bonchev–Trinajstić information content (AvgIpc) is 3.04. The number of amides is 5. The summed E-state index contributed by atoms with van der Waals surface area (Å²) < 4.78 is 10.6. The predicted octanol–water partition coefficient (Wildman–Crippen LogP) is 6.64. The van der Waals surface area contributed by atoms with E-state index in [0.29, 0.717) is 66.4 Å². The maximum absolute atomic E-state index is 13.9. The number of nitrogens with zero attached hydrogens (tertiary/aromatic N) is 2. The first kappa shape index (κ1) is 31.2. The number of pyridine rings is 1. The minimum atomic E-state index is -1.02. The molecule has 3 atom stereocenters. The lowest BCUT2D eigenvalue weighted by Gasteiger charge is -2.45. The van der Waals surface area contributed by atoms with E-state index in [4.69, 9.17) is 21.1 Å². The fraction of sp³-hybridized carbons (Fsp3) is 0.364. The molecule has 0 unspecified atom stereocenters. The molecule has 1 spiro atoms. The van der Waals surface area contributed by atoms with E-state index in [1.165, 1.54) is 7.11 Å². The molecule has 5 amide bonds. The zero-order chi connectivity index (χ0) is 32.4. The summed E-state index contributed by atoms with van der Waals surface area (Å²) in [6.07, 6.45) is 3.47. The Morgan fingerprint density at radius 2 is 1.91 bits per heavy atom. The summed E-state index contributed by atoms with van der Waals surface area (Å²) in [5.41, 5.74) is 3.52. The summed E-state index contributed by atoms with van der Waals surface area (Å²) in [4.78, 5) is 57.7. The number of benzene rings is 2. The Balaban J connectivity index is 1.28. The van der Waals surface area contributed by atoms with Crippen LogP contribution in [0.4, 0.5) is 31.4 Å². The topological polar surface area (TPSA) is 151 Å². The molecule has 3 aliphatic rings. The number of hydrogen-bond donors (Lipinski definition) is 4. The van der Waals surface area contributed by atoms with Gasteiger partial charge in [-0.2, -0.15) is 0 Å². The fourth-order valence-corrected chi connectivity index (χ4v) is 6.54. The van der Waals surface area contributed by atoms with Crippen molar-refractivity contribution < 1.29 is 28.7 Å². The molecule has 6 rings (SSSR count). The largest absolute Gasteiger partial charge is 0.453 e. The van der Waals surface area contributed by atoms with Crippen LogP contribution in [0.2, 0.25) is 5.02 Å². The summed E-state index contributed by atoms with van der Waals surface area (Å²) in [5.74, 6) is -0.460. The normalized spacial score (nSPS) is 22.5. The molecule has 1 aromatic heterocycles. The number of fused-ring (bicyclic) bond motifs is 6. The first-order valence-corrected chi connectivity index (χ1v) is 15.6. The first-order valence-electron chi connectivity index (χ1n) is 15.3. The van der Waals surface area contributed by atoms with Crippen LogP contribution in [0, 0.1) is 5.92 Å². The van der Waals surface area contributed by atoms with Crippen molar-refractivity contribution in [3.63, 3.8) is 0 Å². The molecule has 2 bridgehead atoms. The second kappa shape index (κ2) is 12.9. The molecule has 4 heterocycles. The number of methoxy groups -OCH3 is 1. The number of rotatable bonds is 2. The number of aromatic nitrogens is 1. The zero-order valence-electron chi connectivity index (χ0n) is 25.5. The monoisotopic (exact) mass is 646 g/mol. The quantitative estimate of drug-likeness (QED) is 0.244. The Labute approximate surface area is 271 Å². The van der Waals surface area contributed by atoms with Gasteiger partial charge in [0, 0.05) is 40.5 Å². The summed E-state index contributed by atoms with van der Waals surface area (Å²) in [7, 11) is 1.28. The minimum absolute atomic E-state index is 0.151. The highest BCUT2D eigenvalue weighted by molar-refractivity contribution is 6.30. The van der Waals surface area contributed by atoms with Gasteiger partial charge in [0.25, 0.3) is 0 Å². The van der Waals surface area contributed by atoms with Gasteiger partial charge in [-0.1, -0.05) is 31.0 Å². The van der Waals surface area contributed by atoms with Crippen LogP contribution in [0.5, 0.6) is 0 Å². The standard InChI is InChI=1S/C33H35ClN6O6/c1-19-5-3-6-26(28-15-20(11-13-35-28)23-9-8-22(36-31(43)45-2)17-27(23)37-29(19)41)38-30(42)40-14-4-12-33(18-40)24-16-21(34)7-10-25(24)39-32(44)46-33/h7-11,13,15-17,19,26H,3-6,12,14,18H2,1-2H3,(H,36,43)(H,37,41)(H,38,42)(H,39,44)/t19-,26-,33-/m0/s1. The molecule has 46 heavy (non-hydrogen) atoms. The number of likely N-dealkylation sites (tertiary alicyclic amines) is 1. The number of halogens is 1. The number of urea groups is 1. The van der Waals surface area contributed by atoms with E-state index in [2.05, 4.69) is 26.3 Å². The highest BCUT2D eigenvalue weighted by atomic mass is 35.5. The van der Waals surface area contributed by atoms with Crippen LogP contribution < -0.4 is 21.3 Å². The molecule has 3 aromatic rings. The van der Waals surface area contributed by atoms with Crippen LogP contribution in [0.15, 0.2) is 54.7 Å². The Morgan fingerprint density at radius 3 is 2.74 bits per heavy atom. The molecule has 13 heteroatoms. The molecule has 4 N–H and O–H groups in total. The van der Waals surface area contributed by atoms with Crippen molar-refractivity contribution in [1.82, 2.24) is 15.2 Å². The number of hydrogen-bond acceptors (Lipinski definition) is 7. The van der Waals surface area contributed by atoms with Crippen LogP contribution >= 0.6 is 11.6 Å². The van der Waals surface area contributed by atoms with Gasteiger partial charge in [-0.3, -0.25) is 20.4 Å². The van der Waals surface area contributed by atoms with Gasteiger partial charge in [0.05, 0.1) is 36.8 Å². The van der Waals surface area contributed by atoms with Gasteiger partial charge in [0.15, 0.2) is 5.60 Å². The summed E-state index contributed by atoms with van der Waals surface area (Å²) in [6.45, 7) is 2.52.